The van der Waals surface area contributed by atoms with Crippen molar-refractivity contribution in [2.24, 2.45) is 5.73 Å². The second kappa shape index (κ2) is 5.02. The van der Waals surface area contributed by atoms with Gasteiger partial charge in [0.1, 0.15) is 5.82 Å². The quantitative estimate of drug-likeness (QED) is 0.767. The molecule has 2 N–H and O–H groups in total. The zero-order chi connectivity index (χ0) is 14.1. The highest BCUT2D eigenvalue weighted by Crippen LogP contribution is 2.22. The molecule has 1 unspecified atom stereocenters. The minimum Gasteiger partial charge on any atom is -0.319 e. The SMILES string of the molecule is Cc1cc(C(N)c2ccc3ccccc3n2)ccc1F. The molecular formula is C17H15FN2. The number of hydrogen-bond donors (Lipinski definition) is 1. The Labute approximate surface area is 117 Å². The van der Waals surface area contributed by atoms with E-state index in [0.29, 0.717) is 5.56 Å². The van der Waals surface area contributed by atoms with Gasteiger partial charge in [0.05, 0.1) is 17.3 Å². The molecule has 0 bridgehead atoms. The molecule has 0 aliphatic rings. The Kier molecular flexibility index (Phi) is 3.20. The van der Waals surface area contributed by atoms with Crippen molar-refractivity contribution in [2.45, 2.75) is 13.0 Å². The summed E-state index contributed by atoms with van der Waals surface area (Å²) in [5, 5.41) is 1.08. The van der Waals surface area contributed by atoms with Crippen LogP contribution in [0.3, 0.4) is 0 Å². The minimum absolute atomic E-state index is 0.215. The van der Waals surface area contributed by atoms with Gasteiger partial charge in [-0.05, 0) is 36.2 Å². The third-order valence-corrected chi connectivity index (χ3v) is 3.48. The van der Waals surface area contributed by atoms with Gasteiger partial charge >= 0.3 is 0 Å². The molecule has 0 aliphatic carbocycles. The van der Waals surface area contributed by atoms with Crippen molar-refractivity contribution in [3.05, 3.63) is 77.2 Å². The van der Waals surface area contributed by atoms with Crippen molar-refractivity contribution in [1.82, 2.24) is 4.98 Å². The molecule has 2 nitrogen and oxygen atoms in total. The van der Waals surface area contributed by atoms with Crippen molar-refractivity contribution in [1.29, 1.82) is 0 Å². The lowest BCUT2D eigenvalue weighted by Gasteiger charge is -2.13. The van der Waals surface area contributed by atoms with Crippen LogP contribution >= 0.6 is 0 Å². The van der Waals surface area contributed by atoms with Crippen LogP contribution in [-0.2, 0) is 0 Å². The van der Waals surface area contributed by atoms with Gasteiger partial charge in [-0.2, -0.15) is 0 Å². The zero-order valence-corrected chi connectivity index (χ0v) is 11.2. The highest BCUT2D eigenvalue weighted by molar-refractivity contribution is 5.78. The van der Waals surface area contributed by atoms with E-state index < -0.39 is 0 Å². The average Bonchev–Trinajstić information content (AvgIpc) is 2.49. The smallest absolute Gasteiger partial charge is 0.126 e. The van der Waals surface area contributed by atoms with E-state index in [2.05, 4.69) is 4.98 Å². The van der Waals surface area contributed by atoms with E-state index in [9.17, 15) is 4.39 Å². The Hall–Kier alpha value is -2.26. The lowest BCUT2D eigenvalue weighted by atomic mass is 10.0. The molecule has 0 radical (unpaired) electrons. The molecule has 0 amide bonds. The monoisotopic (exact) mass is 266 g/mol. The number of para-hydroxylation sites is 1. The van der Waals surface area contributed by atoms with E-state index in [4.69, 9.17) is 5.73 Å². The third-order valence-electron chi connectivity index (χ3n) is 3.48. The van der Waals surface area contributed by atoms with Crippen molar-refractivity contribution in [2.75, 3.05) is 0 Å². The maximum absolute atomic E-state index is 13.3. The molecule has 0 saturated carbocycles. The van der Waals surface area contributed by atoms with E-state index in [-0.39, 0.29) is 11.9 Å². The normalized spacial score (nSPS) is 12.6. The third kappa shape index (κ3) is 2.28. The Morgan fingerprint density at radius 3 is 2.65 bits per heavy atom. The standard InChI is InChI=1S/C17H15FN2/c1-11-10-13(6-8-14(11)18)17(19)16-9-7-12-4-2-3-5-15(12)20-16/h2-10,17H,19H2,1H3. The summed E-state index contributed by atoms with van der Waals surface area (Å²) in [5.41, 5.74) is 9.41. The largest absolute Gasteiger partial charge is 0.319 e. The van der Waals surface area contributed by atoms with Crippen molar-refractivity contribution < 1.29 is 4.39 Å². The summed E-state index contributed by atoms with van der Waals surface area (Å²) < 4.78 is 13.3. The molecule has 1 aromatic heterocycles. The van der Waals surface area contributed by atoms with Crippen LogP contribution in [0.25, 0.3) is 10.9 Å². The summed E-state index contributed by atoms with van der Waals surface area (Å²) in [6.07, 6.45) is 0. The minimum atomic E-state index is -0.348. The number of aromatic nitrogens is 1. The number of hydrogen-bond acceptors (Lipinski definition) is 2. The highest BCUT2D eigenvalue weighted by Gasteiger charge is 2.12. The molecule has 2 aromatic carbocycles. The number of aryl methyl sites for hydroxylation is 1. The maximum atomic E-state index is 13.3. The maximum Gasteiger partial charge on any atom is 0.126 e. The fraction of sp³-hybridized carbons (Fsp3) is 0.118. The first-order chi connectivity index (χ1) is 9.65. The first-order valence-corrected chi connectivity index (χ1v) is 6.52. The molecule has 3 heteroatoms. The van der Waals surface area contributed by atoms with Crippen LogP contribution in [0.5, 0.6) is 0 Å². The molecular weight excluding hydrogens is 251 g/mol. The fourth-order valence-electron chi connectivity index (χ4n) is 2.29. The number of fused-ring (bicyclic) bond motifs is 1. The summed E-state index contributed by atoms with van der Waals surface area (Å²) >= 11 is 0. The van der Waals surface area contributed by atoms with Crippen LogP contribution in [0.4, 0.5) is 4.39 Å². The molecule has 1 atom stereocenters. The van der Waals surface area contributed by atoms with Crippen LogP contribution in [-0.4, -0.2) is 4.98 Å². The Morgan fingerprint density at radius 2 is 1.85 bits per heavy atom. The van der Waals surface area contributed by atoms with E-state index in [1.54, 1.807) is 19.1 Å². The van der Waals surface area contributed by atoms with Gasteiger partial charge in [0.15, 0.2) is 0 Å². The van der Waals surface area contributed by atoms with Gasteiger partial charge in [-0.1, -0.05) is 36.4 Å². The predicted molar refractivity (Wildman–Crippen MR) is 78.9 cm³/mol. The molecule has 20 heavy (non-hydrogen) atoms. The van der Waals surface area contributed by atoms with Crippen molar-refractivity contribution in [3.8, 4) is 0 Å². The summed E-state index contributed by atoms with van der Waals surface area (Å²) in [4.78, 5) is 4.58. The molecule has 0 aliphatic heterocycles. The van der Waals surface area contributed by atoms with Gasteiger partial charge in [0, 0.05) is 5.39 Å². The van der Waals surface area contributed by atoms with E-state index in [1.807, 2.05) is 36.4 Å². The van der Waals surface area contributed by atoms with Crippen molar-refractivity contribution >= 4 is 10.9 Å². The molecule has 3 rings (SSSR count). The van der Waals surface area contributed by atoms with Crippen LogP contribution in [0.2, 0.25) is 0 Å². The van der Waals surface area contributed by atoms with Crippen molar-refractivity contribution in [3.63, 3.8) is 0 Å². The molecule has 1 heterocycles. The van der Waals surface area contributed by atoms with E-state index >= 15 is 0 Å². The fourth-order valence-corrected chi connectivity index (χ4v) is 2.29. The number of nitrogens with zero attached hydrogens (tertiary/aromatic N) is 1. The zero-order valence-electron chi connectivity index (χ0n) is 11.2. The summed E-state index contributed by atoms with van der Waals surface area (Å²) in [6.45, 7) is 1.74. The van der Waals surface area contributed by atoms with Gasteiger partial charge in [-0.15, -0.1) is 0 Å². The van der Waals surface area contributed by atoms with Crippen LogP contribution in [0.1, 0.15) is 22.9 Å². The van der Waals surface area contributed by atoms with Gasteiger partial charge in [0.2, 0.25) is 0 Å². The van der Waals surface area contributed by atoms with Gasteiger partial charge in [0.25, 0.3) is 0 Å². The van der Waals surface area contributed by atoms with Gasteiger partial charge in [-0.3, -0.25) is 4.98 Å². The number of benzene rings is 2. The lowest BCUT2D eigenvalue weighted by Crippen LogP contribution is -2.13. The van der Waals surface area contributed by atoms with Crippen LogP contribution in [0.15, 0.2) is 54.6 Å². The molecule has 3 aromatic rings. The summed E-state index contributed by atoms with van der Waals surface area (Å²) in [7, 11) is 0. The van der Waals surface area contributed by atoms with Crippen LogP contribution < -0.4 is 5.73 Å². The lowest BCUT2D eigenvalue weighted by molar-refractivity contribution is 0.616. The van der Waals surface area contributed by atoms with E-state index in [1.165, 1.54) is 6.07 Å². The second-order valence-electron chi connectivity index (χ2n) is 4.92. The van der Waals surface area contributed by atoms with Gasteiger partial charge in [-0.25, -0.2) is 4.39 Å². The number of halogens is 1. The average molecular weight is 266 g/mol. The Bertz CT molecular complexity index is 768. The Morgan fingerprint density at radius 1 is 1.05 bits per heavy atom. The van der Waals surface area contributed by atoms with E-state index in [0.717, 1.165) is 22.2 Å². The molecule has 0 saturated heterocycles. The molecule has 0 spiro atoms. The van der Waals surface area contributed by atoms with Gasteiger partial charge < -0.3 is 5.73 Å². The first-order valence-electron chi connectivity index (χ1n) is 6.52. The number of pyridine rings is 1. The molecule has 100 valence electrons. The number of nitrogens with two attached hydrogens (primary N) is 1. The number of rotatable bonds is 2. The molecule has 0 fully saturated rings. The predicted octanol–water partition coefficient (Wildman–Crippen LogP) is 3.73. The highest BCUT2D eigenvalue weighted by atomic mass is 19.1. The first kappa shape index (κ1) is 12.8. The van der Waals surface area contributed by atoms with Crippen LogP contribution in [0, 0.1) is 12.7 Å². The second-order valence-corrected chi connectivity index (χ2v) is 4.92. The Balaban J connectivity index is 2.02. The summed E-state index contributed by atoms with van der Waals surface area (Å²) in [6, 6.07) is 16.4. The topological polar surface area (TPSA) is 38.9 Å². The summed E-state index contributed by atoms with van der Waals surface area (Å²) in [5.74, 6) is -0.215.